The minimum absolute atomic E-state index is 0.0157. The van der Waals surface area contributed by atoms with Crippen LogP contribution in [0.2, 0.25) is 0 Å². The van der Waals surface area contributed by atoms with Crippen molar-refractivity contribution in [1.82, 2.24) is 4.90 Å². The summed E-state index contributed by atoms with van der Waals surface area (Å²) >= 11 is 0. The molecule has 5 nitrogen and oxygen atoms in total. The summed E-state index contributed by atoms with van der Waals surface area (Å²) in [6.07, 6.45) is 0.874. The van der Waals surface area contributed by atoms with Crippen molar-refractivity contribution in [3.63, 3.8) is 0 Å². The zero-order valence-corrected chi connectivity index (χ0v) is 18.9. The topological polar surface area (TPSA) is 49.9 Å². The van der Waals surface area contributed by atoms with E-state index in [2.05, 4.69) is 6.92 Å². The van der Waals surface area contributed by atoms with Crippen LogP contribution >= 0.6 is 0 Å². The Morgan fingerprint density at radius 1 is 0.903 bits per heavy atom. The summed E-state index contributed by atoms with van der Waals surface area (Å²) in [5.41, 5.74) is 5.78. The van der Waals surface area contributed by atoms with E-state index in [0.717, 1.165) is 23.1 Å². The zero-order chi connectivity index (χ0) is 22.3. The van der Waals surface area contributed by atoms with Crippen LogP contribution in [0.15, 0.2) is 48.2 Å². The van der Waals surface area contributed by atoms with Crippen molar-refractivity contribution in [2.24, 2.45) is 0 Å². The third-order valence-corrected chi connectivity index (χ3v) is 6.19. The quantitative estimate of drug-likeness (QED) is 0.696. The number of hydrogen-bond acceptors (Lipinski definition) is 4. The van der Waals surface area contributed by atoms with Crippen molar-refractivity contribution in [3.8, 4) is 0 Å². The number of anilines is 1. The van der Waals surface area contributed by atoms with Crippen molar-refractivity contribution < 1.29 is 14.3 Å². The Morgan fingerprint density at radius 3 is 2.13 bits per heavy atom. The summed E-state index contributed by atoms with van der Waals surface area (Å²) in [4.78, 5) is 30.7. The molecule has 1 fully saturated rings. The number of morpholine rings is 1. The molecule has 2 aliphatic rings. The molecule has 2 aromatic carbocycles. The van der Waals surface area contributed by atoms with Gasteiger partial charge in [0.1, 0.15) is 5.70 Å². The molecule has 2 aromatic rings. The van der Waals surface area contributed by atoms with Gasteiger partial charge in [-0.1, -0.05) is 37.3 Å². The number of hydrogen-bond donors (Lipinski definition) is 0. The normalized spacial score (nSPS) is 22.0. The van der Waals surface area contributed by atoms with Crippen LogP contribution in [0.25, 0.3) is 5.57 Å². The van der Waals surface area contributed by atoms with Crippen molar-refractivity contribution in [3.05, 3.63) is 70.4 Å². The molecule has 2 amide bonds. The van der Waals surface area contributed by atoms with Gasteiger partial charge in [0.25, 0.3) is 11.8 Å². The van der Waals surface area contributed by atoms with Crippen LogP contribution in [-0.2, 0) is 20.7 Å². The third-order valence-electron chi connectivity index (χ3n) is 6.19. The summed E-state index contributed by atoms with van der Waals surface area (Å²) in [5, 5.41) is 0. The van der Waals surface area contributed by atoms with Gasteiger partial charge in [-0.3, -0.25) is 9.59 Å². The van der Waals surface area contributed by atoms with E-state index >= 15 is 0 Å². The maximum atomic E-state index is 13.7. The molecule has 2 unspecified atom stereocenters. The molecule has 2 aliphatic heterocycles. The largest absolute Gasteiger partial charge is 0.372 e. The molecule has 0 bridgehead atoms. The lowest BCUT2D eigenvalue weighted by Crippen LogP contribution is -2.47. The van der Waals surface area contributed by atoms with Crippen LogP contribution in [-0.4, -0.2) is 42.0 Å². The molecule has 0 radical (unpaired) electrons. The Hall–Kier alpha value is -2.92. The van der Waals surface area contributed by atoms with E-state index in [1.165, 1.54) is 10.5 Å². The fourth-order valence-corrected chi connectivity index (χ4v) is 4.44. The van der Waals surface area contributed by atoms with Gasteiger partial charge in [-0.25, -0.2) is 4.90 Å². The Bertz CT molecular complexity index is 1040. The van der Waals surface area contributed by atoms with Gasteiger partial charge in [0, 0.05) is 13.1 Å². The van der Waals surface area contributed by atoms with Gasteiger partial charge >= 0.3 is 0 Å². The van der Waals surface area contributed by atoms with Gasteiger partial charge < -0.3 is 9.64 Å². The minimum atomic E-state index is -0.265. The second-order valence-electron chi connectivity index (χ2n) is 8.65. The van der Waals surface area contributed by atoms with E-state index in [-0.39, 0.29) is 24.0 Å². The predicted molar refractivity (Wildman–Crippen MR) is 123 cm³/mol. The van der Waals surface area contributed by atoms with Crippen LogP contribution < -0.4 is 4.90 Å². The number of benzene rings is 2. The summed E-state index contributed by atoms with van der Waals surface area (Å²) in [6, 6.07) is 13.6. The van der Waals surface area contributed by atoms with Crippen molar-refractivity contribution in [2.45, 2.75) is 53.2 Å². The van der Waals surface area contributed by atoms with Crippen LogP contribution in [0.5, 0.6) is 0 Å². The number of imide groups is 1. The van der Waals surface area contributed by atoms with E-state index in [9.17, 15) is 9.59 Å². The highest BCUT2D eigenvalue weighted by Gasteiger charge is 2.43. The van der Waals surface area contributed by atoms with E-state index in [1.54, 1.807) is 0 Å². The second kappa shape index (κ2) is 8.31. The minimum Gasteiger partial charge on any atom is -0.372 e. The summed E-state index contributed by atoms with van der Waals surface area (Å²) in [6.45, 7) is 11.3. The smallest absolute Gasteiger partial charge is 0.282 e. The molecular formula is C26H30N2O3. The number of ether oxygens (including phenoxy) is 1. The number of carbonyl (C=O) groups excluding carboxylic acids is 2. The molecule has 4 rings (SSSR count). The van der Waals surface area contributed by atoms with Crippen molar-refractivity contribution in [2.75, 3.05) is 18.0 Å². The van der Waals surface area contributed by atoms with Crippen LogP contribution in [0.1, 0.15) is 43.0 Å². The Labute approximate surface area is 184 Å². The summed E-state index contributed by atoms with van der Waals surface area (Å²) in [5.74, 6) is -0.525. The lowest BCUT2D eigenvalue weighted by Gasteiger charge is -2.37. The first-order valence-electron chi connectivity index (χ1n) is 11.0. The highest BCUT2D eigenvalue weighted by atomic mass is 16.5. The fourth-order valence-electron chi connectivity index (χ4n) is 4.44. The van der Waals surface area contributed by atoms with Gasteiger partial charge in [0.2, 0.25) is 0 Å². The van der Waals surface area contributed by atoms with Crippen LogP contribution in [0, 0.1) is 13.8 Å². The first-order chi connectivity index (χ1) is 14.8. The molecule has 0 saturated carbocycles. The molecule has 2 heterocycles. The number of nitrogens with zero attached hydrogens (tertiary/aromatic N) is 2. The molecule has 1 saturated heterocycles. The maximum Gasteiger partial charge on any atom is 0.282 e. The number of rotatable bonds is 4. The van der Waals surface area contributed by atoms with Crippen LogP contribution in [0.4, 0.5) is 5.69 Å². The van der Waals surface area contributed by atoms with Gasteiger partial charge in [-0.05, 0) is 68.5 Å². The lowest BCUT2D eigenvalue weighted by atomic mass is 9.99. The van der Waals surface area contributed by atoms with Crippen molar-refractivity contribution >= 4 is 23.1 Å². The van der Waals surface area contributed by atoms with E-state index in [0.29, 0.717) is 30.0 Å². The Kier molecular flexibility index (Phi) is 5.71. The average molecular weight is 419 g/mol. The maximum absolute atomic E-state index is 13.7. The zero-order valence-electron chi connectivity index (χ0n) is 18.9. The van der Waals surface area contributed by atoms with Gasteiger partial charge in [0.05, 0.1) is 23.5 Å². The molecular weight excluding hydrogens is 388 g/mol. The van der Waals surface area contributed by atoms with Gasteiger partial charge in [0.15, 0.2) is 0 Å². The summed E-state index contributed by atoms with van der Waals surface area (Å²) < 4.78 is 5.88. The first kappa shape index (κ1) is 21.3. The SMILES string of the molecule is CCc1ccc(N2C(=O)C(c3ccc(C)c(C)c3)=C(N3CC(C)OC(C)C3)C2=O)cc1. The summed E-state index contributed by atoms with van der Waals surface area (Å²) in [7, 11) is 0. The monoisotopic (exact) mass is 418 g/mol. The Morgan fingerprint density at radius 2 is 1.55 bits per heavy atom. The molecule has 2 atom stereocenters. The number of amides is 2. The predicted octanol–water partition coefficient (Wildman–Crippen LogP) is 4.26. The van der Waals surface area contributed by atoms with E-state index in [4.69, 9.17) is 4.74 Å². The fraction of sp³-hybridized carbons (Fsp3) is 0.385. The van der Waals surface area contributed by atoms with E-state index in [1.807, 2.05) is 75.1 Å². The average Bonchev–Trinajstić information content (AvgIpc) is 2.99. The molecule has 0 aliphatic carbocycles. The highest BCUT2D eigenvalue weighted by molar-refractivity contribution is 6.45. The molecule has 31 heavy (non-hydrogen) atoms. The molecule has 0 spiro atoms. The van der Waals surface area contributed by atoms with E-state index < -0.39 is 0 Å². The van der Waals surface area contributed by atoms with Crippen molar-refractivity contribution in [1.29, 1.82) is 0 Å². The highest BCUT2D eigenvalue weighted by Crippen LogP contribution is 2.36. The van der Waals surface area contributed by atoms with Gasteiger partial charge in [-0.15, -0.1) is 0 Å². The standard InChI is InChI=1S/C26H30N2O3/c1-6-20-8-11-22(12-9-20)28-25(29)23(21-10-7-16(2)17(3)13-21)24(26(28)30)27-14-18(4)31-19(5)15-27/h7-13,18-19H,6,14-15H2,1-5H3. The molecule has 162 valence electrons. The lowest BCUT2D eigenvalue weighted by molar-refractivity contribution is -0.121. The molecule has 0 aromatic heterocycles. The van der Waals surface area contributed by atoms with Gasteiger partial charge in [-0.2, -0.15) is 0 Å². The first-order valence-corrected chi connectivity index (χ1v) is 11.0. The van der Waals surface area contributed by atoms with Crippen LogP contribution in [0.3, 0.4) is 0 Å². The number of aryl methyl sites for hydroxylation is 3. The number of carbonyl (C=O) groups is 2. The third kappa shape index (κ3) is 3.90. The molecule has 0 N–H and O–H groups in total. The Balaban J connectivity index is 1.83. The second-order valence-corrected chi connectivity index (χ2v) is 8.65. The molecule has 5 heteroatoms.